The van der Waals surface area contributed by atoms with Crippen molar-refractivity contribution in [2.45, 2.75) is 13.1 Å². The zero-order chi connectivity index (χ0) is 13.4. The summed E-state index contributed by atoms with van der Waals surface area (Å²) >= 11 is 0. The normalized spacial score (nSPS) is 10.7. The lowest BCUT2D eigenvalue weighted by Crippen LogP contribution is -2.41. The van der Waals surface area contributed by atoms with Crippen LogP contribution < -0.4 is 10.6 Å². The Hall–Kier alpha value is -1.43. The molecule has 2 N–H and O–H groups in total. The highest BCUT2D eigenvalue weighted by atomic mass is 16.7. The van der Waals surface area contributed by atoms with Crippen molar-refractivity contribution in [2.24, 2.45) is 0 Å². The molecule has 0 amide bonds. The van der Waals surface area contributed by atoms with Gasteiger partial charge in [-0.25, -0.2) is 4.79 Å². The van der Waals surface area contributed by atoms with Gasteiger partial charge in [0.1, 0.15) is 0 Å². The summed E-state index contributed by atoms with van der Waals surface area (Å²) in [4.78, 5) is 11.7. The van der Waals surface area contributed by atoms with Crippen LogP contribution in [0.1, 0.15) is 15.9 Å². The summed E-state index contributed by atoms with van der Waals surface area (Å²) in [5.41, 5.74) is 1.46. The Bertz CT molecular complexity index is 378. The van der Waals surface area contributed by atoms with Gasteiger partial charge in [-0.05, 0) is 32.6 Å². The Labute approximate surface area is 107 Å². The maximum absolute atomic E-state index is 11.7. The molecule has 0 spiro atoms. The third-order valence-corrected chi connectivity index (χ3v) is 2.62. The second kappa shape index (κ2) is 7.81. The molecule has 5 heteroatoms. The lowest BCUT2D eigenvalue weighted by molar-refractivity contribution is -0.0385. The van der Waals surface area contributed by atoms with E-state index in [1.165, 1.54) is 0 Å². The van der Waals surface area contributed by atoms with Gasteiger partial charge in [-0.2, -0.15) is 0 Å². The Morgan fingerprint density at radius 3 is 2.56 bits per heavy atom. The molecule has 0 aliphatic carbocycles. The first-order chi connectivity index (χ1) is 8.69. The summed E-state index contributed by atoms with van der Waals surface area (Å²) in [5, 5.41) is 6.01. The Morgan fingerprint density at radius 2 is 1.94 bits per heavy atom. The molecule has 0 aromatic heterocycles. The van der Waals surface area contributed by atoms with Crippen LogP contribution in [0.2, 0.25) is 0 Å². The fourth-order valence-electron chi connectivity index (χ4n) is 1.45. The summed E-state index contributed by atoms with van der Waals surface area (Å²) in [6.45, 7) is 2.25. The number of carbonyl (C=O) groups is 1. The largest absolute Gasteiger partial charge is 0.435 e. The molecule has 0 atom stereocenters. The van der Waals surface area contributed by atoms with Crippen molar-refractivity contribution < 1.29 is 14.3 Å². The van der Waals surface area contributed by atoms with Crippen LogP contribution in [0.15, 0.2) is 24.3 Å². The minimum atomic E-state index is -0.362. The zero-order valence-electron chi connectivity index (χ0n) is 11.0. The fraction of sp³-hybridized carbons (Fsp3) is 0.462. The zero-order valence-corrected chi connectivity index (χ0v) is 11.0. The van der Waals surface area contributed by atoms with Crippen LogP contribution in [0.3, 0.4) is 0 Å². The molecule has 100 valence electrons. The van der Waals surface area contributed by atoms with Gasteiger partial charge in [-0.15, -0.1) is 0 Å². The van der Waals surface area contributed by atoms with Crippen molar-refractivity contribution in [3.63, 3.8) is 0 Å². The Balaban J connectivity index is 2.32. The van der Waals surface area contributed by atoms with E-state index < -0.39 is 0 Å². The van der Waals surface area contributed by atoms with Gasteiger partial charge in [0.15, 0.2) is 6.79 Å². The first-order valence-electron chi connectivity index (χ1n) is 5.84. The van der Waals surface area contributed by atoms with Crippen LogP contribution in [0, 0.1) is 6.92 Å². The van der Waals surface area contributed by atoms with E-state index in [9.17, 15) is 4.79 Å². The molecule has 0 saturated heterocycles. The second-order valence-electron chi connectivity index (χ2n) is 3.87. The molecule has 1 aromatic carbocycles. The number of nitrogens with one attached hydrogen (secondary N) is 2. The minimum absolute atomic E-state index is 0.0437. The van der Waals surface area contributed by atoms with Gasteiger partial charge in [-0.1, -0.05) is 18.2 Å². The Kier molecular flexibility index (Phi) is 6.35. The average molecular weight is 252 g/mol. The third-order valence-electron chi connectivity index (χ3n) is 2.62. The Morgan fingerprint density at radius 1 is 1.28 bits per heavy atom. The SMILES string of the molecule is CNC(COCOC(=O)c1ccccc1C)NC. The number of rotatable bonds is 7. The molecule has 0 unspecified atom stereocenters. The van der Waals surface area contributed by atoms with Crippen LogP contribution in [-0.2, 0) is 9.47 Å². The first kappa shape index (κ1) is 14.6. The van der Waals surface area contributed by atoms with E-state index in [4.69, 9.17) is 9.47 Å². The van der Waals surface area contributed by atoms with Crippen LogP contribution in [0.25, 0.3) is 0 Å². The van der Waals surface area contributed by atoms with E-state index in [1.807, 2.05) is 39.2 Å². The maximum atomic E-state index is 11.7. The van der Waals surface area contributed by atoms with Crippen molar-refractivity contribution in [1.82, 2.24) is 10.6 Å². The van der Waals surface area contributed by atoms with Crippen LogP contribution >= 0.6 is 0 Å². The van der Waals surface area contributed by atoms with Crippen LogP contribution in [0.4, 0.5) is 0 Å². The fourth-order valence-corrected chi connectivity index (χ4v) is 1.45. The number of esters is 1. The van der Waals surface area contributed by atoms with Gasteiger partial charge in [-0.3, -0.25) is 0 Å². The van der Waals surface area contributed by atoms with Crippen molar-refractivity contribution in [2.75, 3.05) is 27.5 Å². The summed E-state index contributed by atoms with van der Waals surface area (Å²) in [6.07, 6.45) is 0.0437. The predicted molar refractivity (Wildman–Crippen MR) is 69.3 cm³/mol. The highest BCUT2D eigenvalue weighted by Gasteiger charge is 2.09. The number of benzene rings is 1. The lowest BCUT2D eigenvalue weighted by Gasteiger charge is -2.15. The predicted octanol–water partition coefficient (Wildman–Crippen LogP) is 0.891. The maximum Gasteiger partial charge on any atom is 0.340 e. The standard InChI is InChI=1S/C13H20N2O3/c1-10-6-4-5-7-11(10)13(16)18-9-17-8-12(14-2)15-3/h4-7,12,14-15H,8-9H2,1-3H3. The quantitative estimate of drug-likeness (QED) is 0.429. The van der Waals surface area contributed by atoms with E-state index >= 15 is 0 Å². The number of hydrogen-bond donors (Lipinski definition) is 2. The molecule has 0 radical (unpaired) electrons. The lowest BCUT2D eigenvalue weighted by atomic mass is 10.1. The number of hydrogen-bond acceptors (Lipinski definition) is 5. The highest BCUT2D eigenvalue weighted by molar-refractivity contribution is 5.90. The topological polar surface area (TPSA) is 59.6 Å². The molecular formula is C13H20N2O3. The average Bonchev–Trinajstić information content (AvgIpc) is 2.39. The molecule has 1 rings (SSSR count). The van der Waals surface area contributed by atoms with Gasteiger partial charge in [0, 0.05) is 0 Å². The number of ether oxygens (including phenoxy) is 2. The number of carbonyl (C=O) groups excluding carboxylic acids is 1. The molecule has 1 aromatic rings. The third kappa shape index (κ3) is 4.44. The smallest absolute Gasteiger partial charge is 0.340 e. The van der Waals surface area contributed by atoms with Crippen LogP contribution in [-0.4, -0.2) is 39.6 Å². The molecule has 0 bridgehead atoms. The van der Waals surface area contributed by atoms with E-state index in [0.29, 0.717) is 12.2 Å². The van der Waals surface area contributed by atoms with Gasteiger partial charge in [0.2, 0.25) is 0 Å². The summed E-state index contributed by atoms with van der Waals surface area (Å²) in [7, 11) is 3.65. The molecule has 0 fully saturated rings. The molecule has 0 saturated carbocycles. The number of aryl methyl sites for hydroxylation is 1. The molecule has 18 heavy (non-hydrogen) atoms. The molecule has 0 heterocycles. The first-order valence-corrected chi connectivity index (χ1v) is 5.84. The molecule has 0 aliphatic rings. The van der Waals surface area contributed by atoms with Gasteiger partial charge < -0.3 is 20.1 Å². The van der Waals surface area contributed by atoms with E-state index in [1.54, 1.807) is 6.07 Å². The second-order valence-corrected chi connectivity index (χ2v) is 3.87. The van der Waals surface area contributed by atoms with E-state index in [2.05, 4.69) is 10.6 Å². The van der Waals surface area contributed by atoms with E-state index in [-0.39, 0.29) is 18.9 Å². The monoisotopic (exact) mass is 252 g/mol. The van der Waals surface area contributed by atoms with Crippen molar-refractivity contribution in [1.29, 1.82) is 0 Å². The molecule has 0 aliphatic heterocycles. The highest BCUT2D eigenvalue weighted by Crippen LogP contribution is 2.08. The van der Waals surface area contributed by atoms with Crippen molar-refractivity contribution in [3.8, 4) is 0 Å². The van der Waals surface area contributed by atoms with Crippen molar-refractivity contribution >= 4 is 5.97 Å². The summed E-state index contributed by atoms with van der Waals surface area (Å²) in [6, 6.07) is 7.30. The van der Waals surface area contributed by atoms with Crippen LogP contribution in [0.5, 0.6) is 0 Å². The van der Waals surface area contributed by atoms with Gasteiger partial charge in [0.05, 0.1) is 18.3 Å². The summed E-state index contributed by atoms with van der Waals surface area (Å²) in [5.74, 6) is -0.362. The molecular weight excluding hydrogens is 232 g/mol. The number of likely N-dealkylation sites (N-methyl/N-ethyl adjacent to an activating group) is 2. The van der Waals surface area contributed by atoms with Gasteiger partial charge >= 0.3 is 5.97 Å². The minimum Gasteiger partial charge on any atom is -0.435 e. The summed E-state index contributed by atoms with van der Waals surface area (Å²) < 4.78 is 10.3. The molecule has 5 nitrogen and oxygen atoms in total. The van der Waals surface area contributed by atoms with Gasteiger partial charge in [0.25, 0.3) is 0 Å². The van der Waals surface area contributed by atoms with E-state index in [0.717, 1.165) is 5.56 Å². The van der Waals surface area contributed by atoms with Crippen molar-refractivity contribution in [3.05, 3.63) is 35.4 Å².